The van der Waals surface area contributed by atoms with Gasteiger partial charge in [-0.2, -0.15) is 5.26 Å². The first kappa shape index (κ1) is 17.6. The maximum atomic E-state index is 13.8. The van der Waals surface area contributed by atoms with Crippen LogP contribution in [-0.4, -0.2) is 0 Å². The Morgan fingerprint density at radius 3 is 2.04 bits per heavy atom. The summed E-state index contributed by atoms with van der Waals surface area (Å²) in [5.74, 6) is 0.423. The average molecular weight is 339 g/mol. The summed E-state index contributed by atoms with van der Waals surface area (Å²) in [6.07, 6.45) is 5.15. The second kappa shape index (κ2) is 7.35. The molecule has 130 valence electrons. The molecule has 1 aliphatic carbocycles. The number of halogens is 2. The van der Waals surface area contributed by atoms with Gasteiger partial charge in [-0.25, -0.2) is 8.78 Å². The van der Waals surface area contributed by atoms with E-state index in [9.17, 15) is 8.78 Å². The zero-order valence-corrected chi connectivity index (χ0v) is 14.7. The van der Waals surface area contributed by atoms with Crippen LogP contribution < -0.4 is 0 Å². The van der Waals surface area contributed by atoms with Crippen molar-refractivity contribution in [3.8, 4) is 17.2 Å². The van der Waals surface area contributed by atoms with E-state index >= 15 is 0 Å². The quantitative estimate of drug-likeness (QED) is 0.632. The normalized spacial score (nSPS) is 21.6. The summed E-state index contributed by atoms with van der Waals surface area (Å²) in [4.78, 5) is 0. The lowest BCUT2D eigenvalue weighted by atomic mass is 9.74. The van der Waals surface area contributed by atoms with Gasteiger partial charge in [0.15, 0.2) is 0 Å². The van der Waals surface area contributed by atoms with Crippen molar-refractivity contribution in [1.82, 2.24) is 0 Å². The standard InChI is InChI=1S/C22H23F2N/c1-14-3-5-16(6-4-14)15(2)17-7-9-18(10-8-17)19-11-21(23)20(13-25)22(24)12-19/h7-12,14-16H,3-6H2,1-2H3. The largest absolute Gasteiger partial charge is 0.205 e. The van der Waals surface area contributed by atoms with E-state index in [0.717, 1.165) is 11.5 Å². The number of nitrogens with zero attached hydrogens (tertiary/aromatic N) is 1. The minimum Gasteiger partial charge on any atom is -0.205 e. The fourth-order valence-electron chi connectivity index (χ4n) is 3.88. The Morgan fingerprint density at radius 1 is 0.960 bits per heavy atom. The lowest BCUT2D eigenvalue weighted by molar-refractivity contribution is 0.261. The van der Waals surface area contributed by atoms with Crippen LogP contribution >= 0.6 is 0 Å². The van der Waals surface area contributed by atoms with E-state index < -0.39 is 17.2 Å². The van der Waals surface area contributed by atoms with Crippen molar-refractivity contribution < 1.29 is 8.78 Å². The van der Waals surface area contributed by atoms with Gasteiger partial charge in [-0.15, -0.1) is 0 Å². The Bertz CT molecular complexity index is 758. The van der Waals surface area contributed by atoms with Crippen LogP contribution in [0.3, 0.4) is 0 Å². The molecule has 1 saturated carbocycles. The van der Waals surface area contributed by atoms with Crippen LogP contribution in [0.15, 0.2) is 36.4 Å². The van der Waals surface area contributed by atoms with Gasteiger partial charge in [0.05, 0.1) is 0 Å². The predicted molar refractivity (Wildman–Crippen MR) is 96.0 cm³/mol. The highest BCUT2D eigenvalue weighted by molar-refractivity contribution is 5.65. The molecule has 2 aromatic carbocycles. The second-order valence-corrected chi connectivity index (χ2v) is 7.36. The Balaban J connectivity index is 1.80. The van der Waals surface area contributed by atoms with E-state index in [1.807, 2.05) is 12.1 Å². The van der Waals surface area contributed by atoms with Crippen molar-refractivity contribution in [2.75, 3.05) is 0 Å². The summed E-state index contributed by atoms with van der Waals surface area (Å²) in [5, 5.41) is 8.77. The fourth-order valence-corrected chi connectivity index (χ4v) is 3.88. The molecule has 0 N–H and O–H groups in total. The number of hydrogen-bond donors (Lipinski definition) is 0. The maximum absolute atomic E-state index is 13.8. The number of benzene rings is 2. The van der Waals surface area contributed by atoms with Gasteiger partial charge in [0.2, 0.25) is 0 Å². The zero-order chi connectivity index (χ0) is 18.0. The van der Waals surface area contributed by atoms with Crippen LogP contribution in [0.25, 0.3) is 11.1 Å². The van der Waals surface area contributed by atoms with Gasteiger partial charge in [0.1, 0.15) is 23.3 Å². The first-order valence-electron chi connectivity index (χ1n) is 8.99. The molecule has 25 heavy (non-hydrogen) atoms. The summed E-state index contributed by atoms with van der Waals surface area (Å²) in [5.41, 5.74) is 1.97. The fraction of sp³-hybridized carbons (Fsp3) is 0.409. The molecule has 1 aliphatic rings. The highest BCUT2D eigenvalue weighted by Crippen LogP contribution is 2.38. The first-order chi connectivity index (χ1) is 12.0. The molecule has 0 amide bonds. The zero-order valence-electron chi connectivity index (χ0n) is 14.7. The van der Waals surface area contributed by atoms with Crippen molar-refractivity contribution in [1.29, 1.82) is 5.26 Å². The van der Waals surface area contributed by atoms with Crippen LogP contribution in [0, 0.1) is 34.8 Å². The summed E-state index contributed by atoms with van der Waals surface area (Å²) in [6.45, 7) is 4.60. The van der Waals surface area contributed by atoms with Crippen LogP contribution in [0.4, 0.5) is 8.78 Å². The van der Waals surface area contributed by atoms with Gasteiger partial charge in [-0.1, -0.05) is 51.0 Å². The molecule has 0 heterocycles. The SMILES string of the molecule is CC1CCC(C(C)c2ccc(-c3cc(F)c(C#N)c(F)c3)cc2)CC1. The van der Waals surface area contributed by atoms with Crippen molar-refractivity contribution in [3.63, 3.8) is 0 Å². The third kappa shape index (κ3) is 3.74. The molecular weight excluding hydrogens is 316 g/mol. The third-order valence-corrected chi connectivity index (χ3v) is 5.69. The highest BCUT2D eigenvalue weighted by atomic mass is 19.1. The molecule has 1 unspecified atom stereocenters. The Morgan fingerprint density at radius 2 is 1.52 bits per heavy atom. The van der Waals surface area contributed by atoms with Gasteiger partial charge in [0, 0.05) is 0 Å². The summed E-state index contributed by atoms with van der Waals surface area (Å²) >= 11 is 0. The topological polar surface area (TPSA) is 23.8 Å². The molecule has 1 fully saturated rings. The second-order valence-electron chi connectivity index (χ2n) is 7.36. The third-order valence-electron chi connectivity index (χ3n) is 5.69. The Hall–Kier alpha value is -2.21. The van der Waals surface area contributed by atoms with E-state index in [-0.39, 0.29) is 0 Å². The molecule has 2 aromatic rings. The Kier molecular flexibility index (Phi) is 5.18. The lowest BCUT2D eigenvalue weighted by Crippen LogP contribution is -2.17. The summed E-state index contributed by atoms with van der Waals surface area (Å²) in [7, 11) is 0. The average Bonchev–Trinajstić information content (AvgIpc) is 2.61. The molecule has 0 aliphatic heterocycles. The van der Waals surface area contributed by atoms with Crippen molar-refractivity contribution in [3.05, 3.63) is 59.2 Å². The number of nitriles is 1. The van der Waals surface area contributed by atoms with E-state index in [4.69, 9.17) is 5.26 Å². The van der Waals surface area contributed by atoms with Crippen molar-refractivity contribution in [2.24, 2.45) is 11.8 Å². The molecule has 1 nitrogen and oxygen atoms in total. The highest BCUT2D eigenvalue weighted by Gasteiger charge is 2.24. The van der Waals surface area contributed by atoms with E-state index in [1.54, 1.807) is 6.07 Å². The summed E-state index contributed by atoms with van der Waals surface area (Å²) in [6, 6.07) is 12.0. The molecule has 3 rings (SSSR count). The van der Waals surface area contributed by atoms with E-state index in [0.29, 0.717) is 17.4 Å². The predicted octanol–water partition coefficient (Wildman–Crippen LogP) is 6.43. The molecular formula is C22H23F2N. The Labute approximate surface area is 148 Å². The van der Waals surface area contributed by atoms with Gasteiger partial charge in [0.25, 0.3) is 0 Å². The molecule has 0 saturated heterocycles. The molecule has 0 aromatic heterocycles. The number of rotatable bonds is 3. The van der Waals surface area contributed by atoms with Crippen molar-refractivity contribution >= 4 is 0 Å². The molecule has 3 heteroatoms. The molecule has 0 spiro atoms. The van der Waals surface area contributed by atoms with Crippen molar-refractivity contribution in [2.45, 2.75) is 45.4 Å². The van der Waals surface area contributed by atoms with Gasteiger partial charge in [-0.3, -0.25) is 0 Å². The smallest absolute Gasteiger partial charge is 0.144 e. The molecule has 0 bridgehead atoms. The van der Waals surface area contributed by atoms with Crippen LogP contribution in [0.5, 0.6) is 0 Å². The van der Waals surface area contributed by atoms with Gasteiger partial charge < -0.3 is 0 Å². The molecule has 1 atom stereocenters. The maximum Gasteiger partial charge on any atom is 0.144 e. The van der Waals surface area contributed by atoms with E-state index in [1.165, 1.54) is 43.4 Å². The minimum atomic E-state index is -0.814. The van der Waals surface area contributed by atoms with Gasteiger partial charge in [-0.05, 0) is 59.4 Å². The monoisotopic (exact) mass is 339 g/mol. The first-order valence-corrected chi connectivity index (χ1v) is 8.99. The molecule has 0 radical (unpaired) electrons. The number of hydrogen-bond acceptors (Lipinski definition) is 1. The summed E-state index contributed by atoms with van der Waals surface area (Å²) < 4.78 is 27.6. The minimum absolute atomic E-state index is 0.458. The van der Waals surface area contributed by atoms with Gasteiger partial charge >= 0.3 is 0 Å². The van der Waals surface area contributed by atoms with Crippen LogP contribution in [0.1, 0.15) is 56.6 Å². The van der Waals surface area contributed by atoms with E-state index in [2.05, 4.69) is 26.0 Å². The van der Waals surface area contributed by atoms with Crippen LogP contribution in [-0.2, 0) is 0 Å². The van der Waals surface area contributed by atoms with Crippen LogP contribution in [0.2, 0.25) is 0 Å². The lowest BCUT2D eigenvalue weighted by Gasteiger charge is -2.31.